The molecule has 0 N–H and O–H groups in total. The molecule has 7 heteroatoms. The molecule has 0 saturated carbocycles. The maximum atomic E-state index is 12.5. The van der Waals surface area contributed by atoms with Gasteiger partial charge in [-0.2, -0.15) is 13.2 Å². The van der Waals surface area contributed by atoms with Crippen molar-refractivity contribution in [2.75, 3.05) is 11.4 Å². The molecule has 0 aliphatic heterocycles. The minimum Gasteiger partial charge on any atom is -0.472 e. The van der Waals surface area contributed by atoms with Crippen LogP contribution in [-0.4, -0.2) is 11.5 Å². The predicted molar refractivity (Wildman–Crippen MR) is 62.5 cm³/mol. The second-order valence-corrected chi connectivity index (χ2v) is 4.66. The van der Waals surface area contributed by atoms with Gasteiger partial charge in [0, 0.05) is 18.7 Å². The number of rotatable bonds is 4. The van der Waals surface area contributed by atoms with Crippen molar-refractivity contribution < 1.29 is 17.6 Å². The van der Waals surface area contributed by atoms with Crippen LogP contribution in [0.5, 0.6) is 0 Å². The summed E-state index contributed by atoms with van der Waals surface area (Å²) in [4.78, 5) is 4.92. The summed E-state index contributed by atoms with van der Waals surface area (Å²) in [7, 11) is 0. The third-order valence-corrected chi connectivity index (χ3v) is 3.48. The number of halogens is 3. The SMILES string of the molecule is CCN(Cc1ccoc1)c1ncc(C(F)(F)F)s1. The molecule has 0 unspecified atom stereocenters. The molecule has 0 aliphatic carbocycles. The monoisotopic (exact) mass is 276 g/mol. The Kier molecular flexibility index (Phi) is 3.60. The molecule has 0 aromatic carbocycles. The molecule has 18 heavy (non-hydrogen) atoms. The average Bonchev–Trinajstić information content (AvgIpc) is 2.95. The van der Waals surface area contributed by atoms with Crippen molar-refractivity contribution in [1.82, 2.24) is 4.98 Å². The Balaban J connectivity index is 2.15. The summed E-state index contributed by atoms with van der Waals surface area (Å²) in [6.07, 6.45) is -0.351. The fraction of sp³-hybridized carbons (Fsp3) is 0.364. The lowest BCUT2D eigenvalue weighted by molar-refractivity contribution is -0.134. The smallest absolute Gasteiger partial charge is 0.427 e. The van der Waals surface area contributed by atoms with E-state index in [0.717, 1.165) is 11.8 Å². The zero-order valence-electron chi connectivity index (χ0n) is 9.57. The Labute approximate surface area is 106 Å². The lowest BCUT2D eigenvalue weighted by atomic mass is 10.3. The first-order valence-electron chi connectivity index (χ1n) is 5.29. The first kappa shape index (κ1) is 12.9. The van der Waals surface area contributed by atoms with Crippen LogP contribution < -0.4 is 4.90 Å². The molecule has 0 saturated heterocycles. The molecule has 2 rings (SSSR count). The number of hydrogen-bond donors (Lipinski definition) is 0. The van der Waals surface area contributed by atoms with E-state index >= 15 is 0 Å². The van der Waals surface area contributed by atoms with Crippen molar-refractivity contribution >= 4 is 16.5 Å². The van der Waals surface area contributed by atoms with E-state index in [-0.39, 0.29) is 0 Å². The van der Waals surface area contributed by atoms with Crippen LogP contribution in [0, 0.1) is 0 Å². The van der Waals surface area contributed by atoms with Crippen molar-refractivity contribution in [3.05, 3.63) is 35.2 Å². The highest BCUT2D eigenvalue weighted by Crippen LogP contribution is 2.36. The van der Waals surface area contributed by atoms with Gasteiger partial charge in [0.15, 0.2) is 5.13 Å². The summed E-state index contributed by atoms with van der Waals surface area (Å²) in [6, 6.07) is 1.78. The summed E-state index contributed by atoms with van der Waals surface area (Å²) in [5.74, 6) is 0. The molecule has 3 nitrogen and oxygen atoms in total. The Bertz CT molecular complexity index is 493. The minimum absolute atomic E-state index is 0.367. The van der Waals surface area contributed by atoms with E-state index in [1.807, 2.05) is 6.92 Å². The molecule has 0 spiro atoms. The second kappa shape index (κ2) is 5.01. The second-order valence-electron chi connectivity index (χ2n) is 3.65. The summed E-state index contributed by atoms with van der Waals surface area (Å²) in [6.45, 7) is 2.93. The molecule has 0 aliphatic rings. The quantitative estimate of drug-likeness (QED) is 0.851. The van der Waals surface area contributed by atoms with Gasteiger partial charge in [0.2, 0.25) is 0 Å². The first-order chi connectivity index (χ1) is 8.50. The topological polar surface area (TPSA) is 29.3 Å². The van der Waals surface area contributed by atoms with Gasteiger partial charge in [0.1, 0.15) is 4.88 Å². The number of alkyl halides is 3. The van der Waals surface area contributed by atoms with Crippen LogP contribution in [0.4, 0.5) is 18.3 Å². The predicted octanol–water partition coefficient (Wildman–Crippen LogP) is 3.78. The van der Waals surface area contributed by atoms with Crippen molar-refractivity contribution in [3.8, 4) is 0 Å². The molecule has 0 bridgehead atoms. The zero-order valence-corrected chi connectivity index (χ0v) is 10.4. The number of anilines is 1. The molecule has 2 aromatic rings. The van der Waals surface area contributed by atoms with Crippen molar-refractivity contribution in [1.29, 1.82) is 0 Å². The molecule has 0 fully saturated rings. The van der Waals surface area contributed by atoms with Crippen LogP contribution in [0.15, 0.2) is 29.2 Å². The molecule has 0 radical (unpaired) electrons. The molecule has 2 heterocycles. The number of furan rings is 1. The summed E-state index contributed by atoms with van der Waals surface area (Å²) in [5.41, 5.74) is 0.903. The highest BCUT2D eigenvalue weighted by molar-refractivity contribution is 7.15. The molecular weight excluding hydrogens is 265 g/mol. The van der Waals surface area contributed by atoms with E-state index in [1.54, 1.807) is 17.2 Å². The number of thiazole rings is 1. The van der Waals surface area contributed by atoms with Gasteiger partial charge in [-0.25, -0.2) is 4.98 Å². The van der Waals surface area contributed by atoms with E-state index in [0.29, 0.717) is 29.6 Å². The summed E-state index contributed by atoms with van der Waals surface area (Å²) < 4.78 is 42.4. The third-order valence-electron chi connectivity index (χ3n) is 2.38. The van der Waals surface area contributed by atoms with Crippen molar-refractivity contribution in [2.45, 2.75) is 19.6 Å². The fourth-order valence-electron chi connectivity index (χ4n) is 1.46. The number of aromatic nitrogens is 1. The van der Waals surface area contributed by atoms with Gasteiger partial charge in [0.05, 0.1) is 18.7 Å². The van der Waals surface area contributed by atoms with Gasteiger partial charge in [-0.1, -0.05) is 11.3 Å². The first-order valence-corrected chi connectivity index (χ1v) is 6.11. The van der Waals surface area contributed by atoms with E-state index < -0.39 is 11.1 Å². The number of hydrogen-bond acceptors (Lipinski definition) is 4. The summed E-state index contributed by atoms with van der Waals surface area (Å²) >= 11 is 0.654. The van der Waals surface area contributed by atoms with Gasteiger partial charge >= 0.3 is 6.18 Å². The fourth-order valence-corrected chi connectivity index (χ4v) is 2.31. The van der Waals surface area contributed by atoms with Crippen LogP contribution in [0.2, 0.25) is 0 Å². The largest absolute Gasteiger partial charge is 0.472 e. The normalized spacial score (nSPS) is 11.8. The van der Waals surface area contributed by atoms with Gasteiger partial charge in [-0.15, -0.1) is 0 Å². The van der Waals surface area contributed by atoms with Crippen molar-refractivity contribution in [3.63, 3.8) is 0 Å². The van der Waals surface area contributed by atoms with Crippen LogP contribution in [0.1, 0.15) is 17.4 Å². The van der Waals surface area contributed by atoms with Crippen LogP contribution >= 0.6 is 11.3 Å². The van der Waals surface area contributed by atoms with Gasteiger partial charge in [-0.05, 0) is 13.0 Å². The molecule has 0 amide bonds. The highest BCUT2D eigenvalue weighted by Gasteiger charge is 2.33. The summed E-state index contributed by atoms with van der Waals surface area (Å²) in [5, 5.41) is 0.367. The molecule has 98 valence electrons. The highest BCUT2D eigenvalue weighted by atomic mass is 32.1. The van der Waals surface area contributed by atoms with Crippen LogP contribution in [-0.2, 0) is 12.7 Å². The molecular formula is C11H11F3N2OS. The van der Waals surface area contributed by atoms with Gasteiger partial charge in [0.25, 0.3) is 0 Å². The Hall–Kier alpha value is -1.50. The molecule has 2 aromatic heterocycles. The van der Waals surface area contributed by atoms with E-state index in [4.69, 9.17) is 4.42 Å². The Morgan fingerprint density at radius 2 is 2.22 bits per heavy atom. The Morgan fingerprint density at radius 1 is 1.44 bits per heavy atom. The minimum atomic E-state index is -4.33. The maximum Gasteiger partial charge on any atom is 0.427 e. The van der Waals surface area contributed by atoms with E-state index in [2.05, 4.69) is 4.98 Å². The van der Waals surface area contributed by atoms with Crippen LogP contribution in [0.25, 0.3) is 0 Å². The maximum absolute atomic E-state index is 12.5. The van der Waals surface area contributed by atoms with Gasteiger partial charge in [-0.3, -0.25) is 0 Å². The van der Waals surface area contributed by atoms with Crippen molar-refractivity contribution in [2.24, 2.45) is 0 Å². The standard InChI is InChI=1S/C11H11F3N2OS/c1-2-16(6-8-3-4-17-7-8)10-15-5-9(18-10)11(12,13)14/h3-5,7H,2,6H2,1H3. The number of nitrogens with zero attached hydrogens (tertiary/aromatic N) is 2. The van der Waals surface area contributed by atoms with E-state index in [1.165, 1.54) is 6.26 Å². The van der Waals surface area contributed by atoms with Crippen LogP contribution in [0.3, 0.4) is 0 Å². The van der Waals surface area contributed by atoms with E-state index in [9.17, 15) is 13.2 Å². The average molecular weight is 276 g/mol. The third kappa shape index (κ3) is 2.84. The molecule has 0 atom stereocenters. The Morgan fingerprint density at radius 3 is 2.72 bits per heavy atom. The zero-order chi connectivity index (χ0) is 13.2. The lowest BCUT2D eigenvalue weighted by Gasteiger charge is -2.18. The van der Waals surface area contributed by atoms with Gasteiger partial charge < -0.3 is 9.32 Å². The lowest BCUT2D eigenvalue weighted by Crippen LogP contribution is -2.21.